The number of aryl methyl sites for hydroxylation is 1. The molecule has 1 atom stereocenters. The molecule has 4 rings (SSSR count). The van der Waals surface area contributed by atoms with E-state index in [1.165, 1.54) is 0 Å². The van der Waals surface area contributed by atoms with E-state index >= 15 is 0 Å². The number of hydrogen-bond donors (Lipinski definition) is 2. The van der Waals surface area contributed by atoms with Crippen molar-refractivity contribution in [3.8, 4) is 22.8 Å². The van der Waals surface area contributed by atoms with Crippen LogP contribution in [0.3, 0.4) is 0 Å². The molecular weight excluding hydrogens is 532 g/mol. The number of ether oxygens (including phenoxy) is 3. The molecule has 3 heterocycles. The molecule has 42 heavy (non-hydrogen) atoms. The lowest BCUT2D eigenvalue weighted by Crippen LogP contribution is -2.39. The molecule has 0 unspecified atom stereocenters. The zero-order valence-electron chi connectivity index (χ0n) is 25.9. The van der Waals surface area contributed by atoms with Gasteiger partial charge in [-0.3, -0.25) is 9.97 Å². The largest absolute Gasteiger partial charge is 0.497 e. The first kappa shape index (κ1) is 31.1. The van der Waals surface area contributed by atoms with Crippen molar-refractivity contribution in [2.75, 3.05) is 43.6 Å². The number of benzene rings is 1. The van der Waals surface area contributed by atoms with Crippen LogP contribution in [-0.4, -0.2) is 60.0 Å². The van der Waals surface area contributed by atoms with Gasteiger partial charge < -0.3 is 29.5 Å². The summed E-state index contributed by atoms with van der Waals surface area (Å²) in [5.41, 5.74) is 4.04. The number of aliphatic carboxylic acids is 1. The van der Waals surface area contributed by atoms with E-state index in [9.17, 15) is 9.90 Å². The van der Waals surface area contributed by atoms with Gasteiger partial charge in [0.15, 0.2) is 6.10 Å². The third kappa shape index (κ3) is 7.91. The summed E-state index contributed by atoms with van der Waals surface area (Å²) in [4.78, 5) is 24.3. The molecule has 9 heteroatoms. The second-order valence-corrected chi connectivity index (χ2v) is 12.5. The quantitative estimate of drug-likeness (QED) is 0.247. The van der Waals surface area contributed by atoms with Gasteiger partial charge in [0.2, 0.25) is 0 Å². The lowest BCUT2D eigenvalue weighted by molar-refractivity contribution is -0.160. The maximum atomic E-state index is 12.6. The molecule has 1 aliphatic heterocycles. The number of nitrogens with one attached hydrogen (secondary N) is 1. The van der Waals surface area contributed by atoms with Crippen LogP contribution in [0.5, 0.6) is 11.5 Å². The Labute approximate surface area is 249 Å². The SMILES string of the molecule is COc1ccc(OCCNc2ccc(-c3cnc(C)c([C@H](OC(C)(C)C)C(=O)O)c3N3CCC(C)(C)CC3)nc2)cc1. The fraction of sp³-hybridized carbons (Fsp3) is 0.485. The highest BCUT2D eigenvalue weighted by molar-refractivity contribution is 5.85. The zero-order chi connectivity index (χ0) is 30.5. The van der Waals surface area contributed by atoms with Crippen LogP contribution in [0.2, 0.25) is 0 Å². The number of methoxy groups -OCH3 is 1. The van der Waals surface area contributed by atoms with Gasteiger partial charge in [-0.25, -0.2) is 4.79 Å². The monoisotopic (exact) mass is 576 g/mol. The molecule has 226 valence electrons. The Hall–Kier alpha value is -3.85. The van der Waals surface area contributed by atoms with Crippen molar-refractivity contribution in [3.05, 3.63) is 60.0 Å². The second-order valence-electron chi connectivity index (χ2n) is 12.5. The van der Waals surface area contributed by atoms with Crippen LogP contribution in [0.25, 0.3) is 11.3 Å². The summed E-state index contributed by atoms with van der Waals surface area (Å²) in [7, 11) is 1.64. The summed E-state index contributed by atoms with van der Waals surface area (Å²) >= 11 is 0. The molecule has 0 bridgehead atoms. The average molecular weight is 577 g/mol. The average Bonchev–Trinajstić information content (AvgIpc) is 2.94. The van der Waals surface area contributed by atoms with Crippen molar-refractivity contribution in [1.29, 1.82) is 0 Å². The Morgan fingerprint density at radius 3 is 2.29 bits per heavy atom. The molecule has 0 aliphatic carbocycles. The van der Waals surface area contributed by atoms with Crippen molar-refractivity contribution in [2.24, 2.45) is 5.41 Å². The van der Waals surface area contributed by atoms with Crippen LogP contribution in [0.4, 0.5) is 11.4 Å². The highest BCUT2D eigenvalue weighted by Crippen LogP contribution is 2.43. The van der Waals surface area contributed by atoms with Crippen LogP contribution in [0, 0.1) is 12.3 Å². The van der Waals surface area contributed by atoms with E-state index in [-0.39, 0.29) is 5.41 Å². The van der Waals surface area contributed by atoms with Gasteiger partial charge in [-0.05, 0) is 82.3 Å². The van der Waals surface area contributed by atoms with Crippen LogP contribution in [0.1, 0.15) is 64.8 Å². The number of hydrogen-bond acceptors (Lipinski definition) is 8. The number of carboxylic acids is 1. The lowest BCUT2D eigenvalue weighted by Gasteiger charge is -2.40. The van der Waals surface area contributed by atoms with Gasteiger partial charge in [0.1, 0.15) is 18.1 Å². The normalized spacial score (nSPS) is 15.6. The predicted octanol–water partition coefficient (Wildman–Crippen LogP) is 6.52. The fourth-order valence-electron chi connectivity index (χ4n) is 5.07. The maximum absolute atomic E-state index is 12.6. The van der Waals surface area contributed by atoms with Gasteiger partial charge in [0.25, 0.3) is 0 Å². The first-order chi connectivity index (χ1) is 19.9. The number of piperidine rings is 1. The summed E-state index contributed by atoms with van der Waals surface area (Å²) < 4.78 is 17.1. The number of rotatable bonds is 11. The highest BCUT2D eigenvalue weighted by Gasteiger charge is 2.36. The second kappa shape index (κ2) is 13.0. The van der Waals surface area contributed by atoms with Crippen molar-refractivity contribution < 1.29 is 24.1 Å². The number of anilines is 2. The minimum absolute atomic E-state index is 0.232. The van der Waals surface area contributed by atoms with Gasteiger partial charge in [-0.15, -0.1) is 0 Å². The summed E-state index contributed by atoms with van der Waals surface area (Å²) in [6.45, 7) is 14.7. The van der Waals surface area contributed by atoms with Crippen molar-refractivity contribution in [1.82, 2.24) is 9.97 Å². The zero-order valence-corrected chi connectivity index (χ0v) is 25.9. The van der Waals surface area contributed by atoms with Crippen LogP contribution < -0.4 is 19.7 Å². The van der Waals surface area contributed by atoms with Crippen LogP contribution in [0.15, 0.2) is 48.8 Å². The Morgan fingerprint density at radius 2 is 1.71 bits per heavy atom. The van der Waals surface area contributed by atoms with Crippen molar-refractivity contribution >= 4 is 17.3 Å². The highest BCUT2D eigenvalue weighted by atomic mass is 16.5. The van der Waals surface area contributed by atoms with Crippen molar-refractivity contribution in [2.45, 2.75) is 66.1 Å². The van der Waals surface area contributed by atoms with E-state index in [2.05, 4.69) is 29.0 Å². The first-order valence-electron chi connectivity index (χ1n) is 14.5. The fourth-order valence-corrected chi connectivity index (χ4v) is 5.07. The first-order valence-corrected chi connectivity index (χ1v) is 14.5. The van der Waals surface area contributed by atoms with Gasteiger partial charge in [-0.2, -0.15) is 0 Å². The van der Waals surface area contributed by atoms with Gasteiger partial charge >= 0.3 is 5.97 Å². The third-order valence-corrected chi connectivity index (χ3v) is 7.48. The molecule has 0 spiro atoms. The van der Waals surface area contributed by atoms with E-state index in [1.54, 1.807) is 13.3 Å². The van der Waals surface area contributed by atoms with E-state index in [1.807, 2.05) is 70.3 Å². The molecule has 3 aromatic rings. The van der Waals surface area contributed by atoms with Crippen LogP contribution >= 0.6 is 0 Å². The van der Waals surface area contributed by atoms with E-state index in [0.29, 0.717) is 24.4 Å². The summed E-state index contributed by atoms with van der Waals surface area (Å²) in [6, 6.07) is 11.4. The molecule has 1 saturated heterocycles. The molecule has 2 N–H and O–H groups in total. The Kier molecular flexibility index (Phi) is 9.61. The smallest absolute Gasteiger partial charge is 0.337 e. The molecular formula is C33H44N4O5. The Bertz CT molecular complexity index is 1340. The summed E-state index contributed by atoms with van der Waals surface area (Å²) in [5, 5.41) is 13.7. The molecule has 2 aromatic heterocycles. The number of aromatic nitrogens is 2. The summed E-state index contributed by atoms with van der Waals surface area (Å²) in [5.74, 6) is 0.530. The molecule has 0 radical (unpaired) electrons. The summed E-state index contributed by atoms with van der Waals surface area (Å²) in [6.07, 6.45) is 4.43. The molecule has 0 amide bonds. The van der Waals surface area contributed by atoms with E-state index in [4.69, 9.17) is 19.2 Å². The lowest BCUT2D eigenvalue weighted by atomic mass is 9.82. The number of carbonyl (C=O) groups is 1. The minimum atomic E-state index is -1.16. The predicted molar refractivity (Wildman–Crippen MR) is 166 cm³/mol. The Balaban J connectivity index is 1.59. The van der Waals surface area contributed by atoms with Gasteiger partial charge in [-0.1, -0.05) is 13.8 Å². The molecule has 1 fully saturated rings. The van der Waals surface area contributed by atoms with Gasteiger partial charge in [0.05, 0.1) is 36.0 Å². The minimum Gasteiger partial charge on any atom is -0.497 e. The maximum Gasteiger partial charge on any atom is 0.337 e. The topological polar surface area (TPSA) is 106 Å². The number of pyridine rings is 2. The van der Waals surface area contributed by atoms with E-state index < -0.39 is 17.7 Å². The molecule has 0 saturated carbocycles. The molecule has 1 aromatic carbocycles. The third-order valence-electron chi connectivity index (χ3n) is 7.48. The standard InChI is InChI=1S/C33H44N4O5/c1-22-28(30(31(38)39)42-32(2,3)4)29(37-17-14-33(5,6)15-18-37)26(21-35-22)27-13-8-23(20-36-27)34-16-19-41-25-11-9-24(40-7)10-12-25/h8-13,20-21,30,34H,14-19H2,1-7H3,(H,38,39)/t30-/m0/s1. The van der Waals surface area contributed by atoms with Crippen molar-refractivity contribution in [3.63, 3.8) is 0 Å². The number of carboxylic acid groups (broad SMARTS) is 1. The van der Waals surface area contributed by atoms with E-state index in [0.717, 1.165) is 60.1 Å². The molecule has 9 nitrogen and oxygen atoms in total. The van der Waals surface area contributed by atoms with Crippen LogP contribution in [-0.2, 0) is 9.53 Å². The van der Waals surface area contributed by atoms with Gasteiger partial charge in [0, 0.05) is 42.7 Å². The Morgan fingerprint density at radius 1 is 1.05 bits per heavy atom. The number of nitrogens with zero attached hydrogens (tertiary/aromatic N) is 3. The molecule has 1 aliphatic rings.